The number of piperidine rings is 1. The highest BCUT2D eigenvalue weighted by atomic mass is 35.5. The van der Waals surface area contributed by atoms with Gasteiger partial charge < -0.3 is 5.73 Å². The van der Waals surface area contributed by atoms with Gasteiger partial charge in [0.2, 0.25) is 0 Å². The Morgan fingerprint density at radius 3 is 2.37 bits per heavy atom. The van der Waals surface area contributed by atoms with E-state index in [2.05, 4.69) is 17.0 Å². The minimum Gasteiger partial charge on any atom is -0.330 e. The van der Waals surface area contributed by atoms with Gasteiger partial charge in [-0.1, -0.05) is 23.2 Å². The summed E-state index contributed by atoms with van der Waals surface area (Å²) in [5.41, 5.74) is 7.23. The zero-order valence-corrected chi connectivity index (χ0v) is 12.5. The van der Waals surface area contributed by atoms with Crippen molar-refractivity contribution in [3.63, 3.8) is 0 Å². The summed E-state index contributed by atoms with van der Waals surface area (Å²) in [6.07, 6.45) is 5.10. The lowest BCUT2D eigenvalue weighted by molar-refractivity contribution is 0.0880. The Bertz CT molecular complexity index is 439. The van der Waals surface area contributed by atoms with Gasteiger partial charge in [0.05, 0.1) is 0 Å². The SMILES string of the molecule is NCC1CCCN(C2CC2)C1c1cc(Cl)cc(Cl)c1. The molecule has 1 aromatic carbocycles. The largest absolute Gasteiger partial charge is 0.330 e. The molecule has 4 heteroatoms. The molecule has 0 radical (unpaired) electrons. The second-order valence-corrected chi connectivity index (χ2v) is 6.63. The summed E-state index contributed by atoms with van der Waals surface area (Å²) < 4.78 is 0. The lowest BCUT2D eigenvalue weighted by Gasteiger charge is -2.41. The van der Waals surface area contributed by atoms with Crippen LogP contribution >= 0.6 is 23.2 Å². The zero-order chi connectivity index (χ0) is 13.4. The number of hydrogen-bond donors (Lipinski definition) is 1. The monoisotopic (exact) mass is 298 g/mol. The molecule has 2 N–H and O–H groups in total. The van der Waals surface area contributed by atoms with E-state index in [-0.39, 0.29) is 0 Å². The first kappa shape index (κ1) is 13.7. The summed E-state index contributed by atoms with van der Waals surface area (Å²) >= 11 is 12.3. The van der Waals surface area contributed by atoms with Crippen LogP contribution in [0, 0.1) is 5.92 Å². The minimum atomic E-state index is 0.391. The van der Waals surface area contributed by atoms with E-state index in [4.69, 9.17) is 28.9 Å². The molecule has 0 amide bonds. The molecule has 2 fully saturated rings. The van der Waals surface area contributed by atoms with Crippen LogP contribution in [0.4, 0.5) is 0 Å². The van der Waals surface area contributed by atoms with Crippen molar-refractivity contribution in [1.29, 1.82) is 0 Å². The van der Waals surface area contributed by atoms with Crippen LogP contribution in [0.5, 0.6) is 0 Å². The van der Waals surface area contributed by atoms with E-state index in [1.807, 2.05) is 0 Å². The second kappa shape index (κ2) is 5.61. The van der Waals surface area contributed by atoms with Crippen LogP contribution in [-0.4, -0.2) is 24.0 Å². The summed E-state index contributed by atoms with van der Waals surface area (Å²) in [6, 6.07) is 7.05. The fourth-order valence-electron chi connectivity index (χ4n) is 3.38. The van der Waals surface area contributed by atoms with Gasteiger partial charge in [-0.25, -0.2) is 0 Å². The fourth-order valence-corrected chi connectivity index (χ4v) is 3.92. The van der Waals surface area contributed by atoms with Gasteiger partial charge in [0.25, 0.3) is 0 Å². The van der Waals surface area contributed by atoms with Crippen LogP contribution < -0.4 is 5.73 Å². The minimum absolute atomic E-state index is 0.391. The number of rotatable bonds is 3. The Kier molecular flexibility index (Phi) is 4.04. The predicted octanol–water partition coefficient (Wildman–Crippen LogP) is 3.87. The van der Waals surface area contributed by atoms with Gasteiger partial charge >= 0.3 is 0 Å². The summed E-state index contributed by atoms with van der Waals surface area (Å²) in [4.78, 5) is 2.63. The van der Waals surface area contributed by atoms with Crippen molar-refractivity contribution >= 4 is 23.2 Å². The number of nitrogens with two attached hydrogens (primary N) is 1. The molecule has 2 aliphatic rings. The molecule has 1 heterocycles. The Hall–Kier alpha value is -0.280. The van der Waals surface area contributed by atoms with E-state index in [9.17, 15) is 0 Å². The average Bonchev–Trinajstić information content (AvgIpc) is 3.20. The van der Waals surface area contributed by atoms with E-state index in [0.29, 0.717) is 12.0 Å². The van der Waals surface area contributed by atoms with Crippen molar-refractivity contribution in [2.45, 2.75) is 37.8 Å². The summed E-state index contributed by atoms with van der Waals surface area (Å²) in [5.74, 6) is 0.517. The number of hydrogen-bond acceptors (Lipinski definition) is 2. The number of benzene rings is 1. The first-order valence-electron chi connectivity index (χ1n) is 7.11. The van der Waals surface area contributed by atoms with Crippen molar-refractivity contribution in [3.8, 4) is 0 Å². The zero-order valence-electron chi connectivity index (χ0n) is 11.0. The van der Waals surface area contributed by atoms with Crippen molar-refractivity contribution < 1.29 is 0 Å². The quantitative estimate of drug-likeness (QED) is 0.918. The summed E-state index contributed by atoms with van der Waals surface area (Å²) in [5, 5.41) is 1.44. The van der Waals surface area contributed by atoms with Gasteiger partial charge in [0.1, 0.15) is 0 Å². The van der Waals surface area contributed by atoms with Crippen LogP contribution in [-0.2, 0) is 0 Å². The Labute approximate surface area is 124 Å². The maximum absolute atomic E-state index is 6.17. The van der Waals surface area contributed by atoms with Gasteiger partial charge in [-0.2, -0.15) is 0 Å². The molecule has 2 nitrogen and oxygen atoms in total. The Balaban J connectivity index is 1.95. The van der Waals surface area contributed by atoms with Crippen molar-refractivity contribution in [3.05, 3.63) is 33.8 Å². The molecule has 3 rings (SSSR count). The standard InChI is InChI=1S/C15H20Cl2N2/c16-12-6-11(7-13(17)8-12)15-10(9-18)2-1-5-19(15)14-3-4-14/h6-8,10,14-15H,1-5,9,18H2. The lowest BCUT2D eigenvalue weighted by Crippen LogP contribution is -2.42. The van der Waals surface area contributed by atoms with Crippen molar-refractivity contribution in [2.75, 3.05) is 13.1 Å². The highest BCUT2D eigenvalue weighted by molar-refractivity contribution is 6.34. The maximum Gasteiger partial charge on any atom is 0.0424 e. The van der Waals surface area contributed by atoms with Gasteiger partial charge in [-0.05, 0) is 68.5 Å². The highest BCUT2D eigenvalue weighted by Crippen LogP contribution is 2.43. The maximum atomic E-state index is 6.17. The van der Waals surface area contributed by atoms with Crippen molar-refractivity contribution in [2.24, 2.45) is 11.7 Å². The molecule has 1 aliphatic heterocycles. The molecule has 19 heavy (non-hydrogen) atoms. The summed E-state index contributed by atoms with van der Waals surface area (Å²) in [7, 11) is 0. The third-order valence-corrected chi connectivity index (χ3v) is 4.78. The molecule has 1 saturated heterocycles. The average molecular weight is 299 g/mol. The van der Waals surface area contributed by atoms with Crippen LogP contribution in [0.25, 0.3) is 0 Å². The van der Waals surface area contributed by atoms with Gasteiger partial charge in [-0.3, -0.25) is 4.90 Å². The molecule has 1 aliphatic carbocycles. The molecular formula is C15H20Cl2N2. The number of halogens is 2. The van der Waals surface area contributed by atoms with E-state index in [1.165, 1.54) is 37.8 Å². The molecule has 104 valence electrons. The van der Waals surface area contributed by atoms with Crippen LogP contribution in [0.15, 0.2) is 18.2 Å². The van der Waals surface area contributed by atoms with Crippen LogP contribution in [0.3, 0.4) is 0 Å². The van der Waals surface area contributed by atoms with Crippen LogP contribution in [0.1, 0.15) is 37.3 Å². The van der Waals surface area contributed by atoms with Crippen molar-refractivity contribution in [1.82, 2.24) is 4.90 Å². The van der Waals surface area contributed by atoms with Gasteiger partial charge in [0.15, 0.2) is 0 Å². The second-order valence-electron chi connectivity index (χ2n) is 5.75. The molecule has 0 bridgehead atoms. The van der Waals surface area contributed by atoms with Gasteiger partial charge in [-0.15, -0.1) is 0 Å². The smallest absolute Gasteiger partial charge is 0.0424 e. The number of likely N-dealkylation sites (tertiary alicyclic amines) is 1. The Morgan fingerprint density at radius 2 is 1.79 bits per heavy atom. The molecule has 2 atom stereocenters. The van der Waals surface area contributed by atoms with Crippen LogP contribution in [0.2, 0.25) is 10.0 Å². The first-order valence-corrected chi connectivity index (χ1v) is 7.86. The fraction of sp³-hybridized carbons (Fsp3) is 0.600. The first-order chi connectivity index (χ1) is 9.19. The van der Waals surface area contributed by atoms with E-state index < -0.39 is 0 Å². The van der Waals surface area contributed by atoms with E-state index in [1.54, 1.807) is 6.07 Å². The van der Waals surface area contributed by atoms with E-state index in [0.717, 1.165) is 22.6 Å². The topological polar surface area (TPSA) is 29.3 Å². The molecule has 0 spiro atoms. The molecule has 2 unspecified atom stereocenters. The lowest BCUT2D eigenvalue weighted by atomic mass is 9.84. The molecule has 1 saturated carbocycles. The normalized spacial score (nSPS) is 28.6. The van der Waals surface area contributed by atoms with E-state index >= 15 is 0 Å². The third-order valence-electron chi connectivity index (χ3n) is 4.34. The predicted molar refractivity (Wildman–Crippen MR) is 80.7 cm³/mol. The highest BCUT2D eigenvalue weighted by Gasteiger charge is 2.40. The third kappa shape index (κ3) is 2.92. The molecular weight excluding hydrogens is 279 g/mol. The van der Waals surface area contributed by atoms with Gasteiger partial charge in [0, 0.05) is 22.1 Å². The molecule has 0 aromatic heterocycles. The Morgan fingerprint density at radius 1 is 1.11 bits per heavy atom. The summed E-state index contributed by atoms with van der Waals surface area (Å²) in [6.45, 7) is 1.91. The molecule has 1 aromatic rings. The number of nitrogens with zero attached hydrogens (tertiary/aromatic N) is 1.